The molecule has 1 unspecified atom stereocenters. The first-order valence-electron chi connectivity index (χ1n) is 6.19. The third kappa shape index (κ3) is 3.51. The molecule has 1 aliphatic rings. The van der Waals surface area contributed by atoms with Crippen molar-refractivity contribution in [2.24, 2.45) is 5.92 Å². The Kier molecular flexibility index (Phi) is 4.74. The topological polar surface area (TPSA) is 3.24 Å². The zero-order chi connectivity index (χ0) is 11.4. The molecule has 0 radical (unpaired) electrons. The van der Waals surface area contributed by atoms with Crippen molar-refractivity contribution in [1.29, 1.82) is 0 Å². The molecule has 0 aromatic carbocycles. The van der Waals surface area contributed by atoms with Gasteiger partial charge in [-0.15, -0.1) is 0 Å². The molecular formula is C13H21NS2. The number of rotatable bonds is 7. The molecule has 1 atom stereocenters. The standard InChI is InChI=1S/C13H21NS2/c1-2-11(9-15)7-14(13-3-4-13)8-12-5-6-16-10-12/h5-6,10-11,13,15H,2-4,7-9H2,1H3. The van der Waals surface area contributed by atoms with Gasteiger partial charge < -0.3 is 0 Å². The van der Waals surface area contributed by atoms with Gasteiger partial charge in [0.05, 0.1) is 0 Å². The van der Waals surface area contributed by atoms with Crippen LogP contribution in [0.4, 0.5) is 0 Å². The van der Waals surface area contributed by atoms with Gasteiger partial charge in [-0.1, -0.05) is 13.3 Å². The smallest absolute Gasteiger partial charge is 0.0245 e. The second kappa shape index (κ2) is 6.08. The van der Waals surface area contributed by atoms with E-state index >= 15 is 0 Å². The summed E-state index contributed by atoms with van der Waals surface area (Å²) in [5.74, 6) is 1.77. The highest BCUT2D eigenvalue weighted by molar-refractivity contribution is 7.80. The van der Waals surface area contributed by atoms with Crippen LogP contribution >= 0.6 is 24.0 Å². The normalized spacial score (nSPS) is 17.9. The van der Waals surface area contributed by atoms with Crippen molar-refractivity contribution in [3.63, 3.8) is 0 Å². The molecule has 0 spiro atoms. The van der Waals surface area contributed by atoms with Gasteiger partial charge in [-0.2, -0.15) is 24.0 Å². The van der Waals surface area contributed by atoms with Crippen molar-refractivity contribution in [3.8, 4) is 0 Å². The van der Waals surface area contributed by atoms with E-state index in [-0.39, 0.29) is 0 Å². The van der Waals surface area contributed by atoms with Crippen LogP contribution < -0.4 is 0 Å². The zero-order valence-electron chi connectivity index (χ0n) is 9.93. The molecule has 2 rings (SSSR count). The van der Waals surface area contributed by atoms with Crippen LogP contribution in [0, 0.1) is 5.92 Å². The van der Waals surface area contributed by atoms with Gasteiger partial charge in [0.2, 0.25) is 0 Å². The molecule has 1 heterocycles. The molecular weight excluding hydrogens is 234 g/mol. The Bertz CT molecular complexity index is 289. The Hall–Kier alpha value is 0.01000. The number of thiophene rings is 1. The number of nitrogens with zero attached hydrogens (tertiary/aromatic N) is 1. The summed E-state index contributed by atoms with van der Waals surface area (Å²) in [6.07, 6.45) is 4.04. The fourth-order valence-electron chi connectivity index (χ4n) is 2.05. The molecule has 3 heteroatoms. The van der Waals surface area contributed by atoms with Gasteiger partial charge in [0.25, 0.3) is 0 Å². The number of hydrogen-bond donors (Lipinski definition) is 1. The van der Waals surface area contributed by atoms with Crippen LogP contribution in [0.5, 0.6) is 0 Å². The Morgan fingerprint density at radius 3 is 2.88 bits per heavy atom. The fraction of sp³-hybridized carbons (Fsp3) is 0.692. The molecule has 1 aliphatic carbocycles. The summed E-state index contributed by atoms with van der Waals surface area (Å²) in [7, 11) is 0. The first-order chi connectivity index (χ1) is 7.83. The Morgan fingerprint density at radius 2 is 2.38 bits per heavy atom. The molecule has 1 nitrogen and oxygen atoms in total. The van der Waals surface area contributed by atoms with Crippen LogP contribution in [0.25, 0.3) is 0 Å². The summed E-state index contributed by atoms with van der Waals surface area (Å²) >= 11 is 6.25. The van der Waals surface area contributed by atoms with E-state index in [4.69, 9.17) is 0 Å². The largest absolute Gasteiger partial charge is 0.296 e. The average Bonchev–Trinajstić information content (AvgIpc) is 3.03. The number of hydrogen-bond acceptors (Lipinski definition) is 3. The summed E-state index contributed by atoms with van der Waals surface area (Å²) in [6.45, 7) is 4.63. The third-order valence-electron chi connectivity index (χ3n) is 3.36. The lowest BCUT2D eigenvalue weighted by atomic mass is 10.1. The lowest BCUT2D eigenvalue weighted by molar-refractivity contribution is 0.219. The van der Waals surface area contributed by atoms with E-state index in [9.17, 15) is 0 Å². The van der Waals surface area contributed by atoms with Crippen LogP contribution in [-0.4, -0.2) is 23.2 Å². The molecule has 1 aromatic rings. The van der Waals surface area contributed by atoms with Crippen molar-refractivity contribution in [2.75, 3.05) is 12.3 Å². The summed E-state index contributed by atoms with van der Waals surface area (Å²) in [6, 6.07) is 3.11. The first-order valence-corrected chi connectivity index (χ1v) is 7.77. The minimum absolute atomic E-state index is 0.752. The summed E-state index contributed by atoms with van der Waals surface area (Å²) < 4.78 is 0. The third-order valence-corrected chi connectivity index (χ3v) is 4.61. The van der Waals surface area contributed by atoms with Gasteiger partial charge in [-0.3, -0.25) is 4.90 Å². The maximum Gasteiger partial charge on any atom is 0.0245 e. The van der Waals surface area contributed by atoms with Crippen LogP contribution in [0.15, 0.2) is 16.8 Å². The summed E-state index contributed by atoms with van der Waals surface area (Å²) in [5, 5.41) is 4.45. The van der Waals surface area contributed by atoms with Crippen molar-refractivity contribution in [1.82, 2.24) is 4.90 Å². The highest BCUT2D eigenvalue weighted by atomic mass is 32.1. The summed E-state index contributed by atoms with van der Waals surface area (Å²) in [5.41, 5.74) is 1.48. The van der Waals surface area contributed by atoms with Gasteiger partial charge in [-0.25, -0.2) is 0 Å². The monoisotopic (exact) mass is 255 g/mol. The summed E-state index contributed by atoms with van der Waals surface area (Å²) in [4.78, 5) is 2.66. The van der Waals surface area contributed by atoms with E-state index in [1.165, 1.54) is 31.4 Å². The highest BCUT2D eigenvalue weighted by Crippen LogP contribution is 2.29. The van der Waals surface area contributed by atoms with E-state index in [1.807, 2.05) is 0 Å². The second-order valence-corrected chi connectivity index (χ2v) is 5.89. The van der Waals surface area contributed by atoms with E-state index in [0.29, 0.717) is 0 Å². The van der Waals surface area contributed by atoms with E-state index in [1.54, 1.807) is 11.3 Å². The fourth-order valence-corrected chi connectivity index (χ4v) is 3.08. The average molecular weight is 255 g/mol. The van der Waals surface area contributed by atoms with Gasteiger partial charge in [-0.05, 0) is 46.9 Å². The van der Waals surface area contributed by atoms with E-state index in [2.05, 4.69) is 41.3 Å². The second-order valence-electron chi connectivity index (χ2n) is 4.75. The van der Waals surface area contributed by atoms with Gasteiger partial charge >= 0.3 is 0 Å². The van der Waals surface area contributed by atoms with Crippen molar-refractivity contribution < 1.29 is 0 Å². The van der Waals surface area contributed by atoms with E-state index < -0.39 is 0 Å². The van der Waals surface area contributed by atoms with Crippen LogP contribution in [-0.2, 0) is 6.54 Å². The van der Waals surface area contributed by atoms with Gasteiger partial charge in [0.1, 0.15) is 0 Å². The number of thiol groups is 1. The molecule has 90 valence electrons. The lowest BCUT2D eigenvalue weighted by Gasteiger charge is -2.25. The highest BCUT2D eigenvalue weighted by Gasteiger charge is 2.29. The Balaban J connectivity index is 1.89. The molecule has 0 aliphatic heterocycles. The minimum Gasteiger partial charge on any atom is -0.296 e. The van der Waals surface area contributed by atoms with Crippen molar-refractivity contribution in [2.45, 2.75) is 38.8 Å². The van der Waals surface area contributed by atoms with Crippen molar-refractivity contribution >= 4 is 24.0 Å². The predicted molar refractivity (Wildman–Crippen MR) is 75.4 cm³/mol. The molecule has 1 saturated carbocycles. The predicted octanol–water partition coefficient (Wildman–Crippen LogP) is 3.67. The zero-order valence-corrected chi connectivity index (χ0v) is 11.6. The molecule has 0 amide bonds. The minimum atomic E-state index is 0.752. The first kappa shape index (κ1) is 12.5. The Labute approximate surface area is 108 Å². The molecule has 1 aromatic heterocycles. The Morgan fingerprint density at radius 1 is 1.56 bits per heavy atom. The van der Waals surface area contributed by atoms with Gasteiger partial charge in [0.15, 0.2) is 0 Å². The van der Waals surface area contributed by atoms with Gasteiger partial charge in [0, 0.05) is 19.1 Å². The van der Waals surface area contributed by atoms with Crippen LogP contribution in [0.2, 0.25) is 0 Å². The van der Waals surface area contributed by atoms with Crippen molar-refractivity contribution in [3.05, 3.63) is 22.4 Å². The van der Waals surface area contributed by atoms with Crippen LogP contribution in [0.1, 0.15) is 31.7 Å². The molecule has 0 N–H and O–H groups in total. The van der Waals surface area contributed by atoms with Crippen LogP contribution in [0.3, 0.4) is 0 Å². The molecule has 16 heavy (non-hydrogen) atoms. The lowest BCUT2D eigenvalue weighted by Crippen LogP contribution is -2.31. The molecule has 1 fully saturated rings. The quantitative estimate of drug-likeness (QED) is 0.728. The maximum absolute atomic E-state index is 4.45. The molecule has 0 bridgehead atoms. The maximum atomic E-state index is 4.45. The van der Waals surface area contributed by atoms with E-state index in [0.717, 1.165) is 24.3 Å². The SMILES string of the molecule is CCC(CS)CN(Cc1ccsc1)C1CC1. The molecule has 0 saturated heterocycles.